The van der Waals surface area contributed by atoms with Gasteiger partial charge >= 0.3 is 0 Å². The van der Waals surface area contributed by atoms with Gasteiger partial charge in [-0.15, -0.1) is 12.4 Å². The van der Waals surface area contributed by atoms with Crippen LogP contribution in [0.15, 0.2) is 48.5 Å². The van der Waals surface area contributed by atoms with Crippen LogP contribution in [0.25, 0.3) is 0 Å². The van der Waals surface area contributed by atoms with Crippen LogP contribution in [0.1, 0.15) is 49.3 Å². The van der Waals surface area contributed by atoms with Gasteiger partial charge in [-0.2, -0.15) is 0 Å². The average Bonchev–Trinajstić information content (AvgIpc) is 3.07. The summed E-state index contributed by atoms with van der Waals surface area (Å²) in [7, 11) is 1.64. The number of carbonyl (C=O) groups excluding carboxylic acids is 1. The van der Waals surface area contributed by atoms with Crippen LogP contribution in [-0.2, 0) is 11.2 Å². The quantitative estimate of drug-likeness (QED) is 0.673. The second-order valence-electron chi connectivity index (χ2n) is 8.40. The smallest absolute Gasteiger partial charge is 0.220 e. The van der Waals surface area contributed by atoms with E-state index < -0.39 is 0 Å². The molecule has 0 aromatic heterocycles. The van der Waals surface area contributed by atoms with Gasteiger partial charge in [0, 0.05) is 18.5 Å². The van der Waals surface area contributed by atoms with Crippen molar-refractivity contribution in [2.45, 2.75) is 56.7 Å². The van der Waals surface area contributed by atoms with Crippen molar-refractivity contribution >= 4 is 18.3 Å². The van der Waals surface area contributed by atoms with Crippen molar-refractivity contribution in [2.24, 2.45) is 5.92 Å². The maximum atomic E-state index is 13.3. The number of methoxy groups -OCH3 is 1. The summed E-state index contributed by atoms with van der Waals surface area (Å²) in [5, 5.41) is 6.87. The molecule has 2 aromatic carbocycles. The Balaban J connectivity index is 0.00000256. The molecule has 30 heavy (non-hydrogen) atoms. The second-order valence-corrected chi connectivity index (χ2v) is 8.40. The number of ether oxygens (including phenoxy) is 1. The van der Waals surface area contributed by atoms with E-state index in [0.717, 1.165) is 29.7 Å². The average molecular weight is 433 g/mol. The van der Waals surface area contributed by atoms with E-state index in [4.69, 9.17) is 4.74 Å². The maximum absolute atomic E-state index is 13.3. The SMILES string of the molecule is COc1ccc(C(Cc2ccc(F)cc2)NC(=O)CC2CC3CCC(C2)N3)cc1.Cl. The van der Waals surface area contributed by atoms with Crippen LogP contribution < -0.4 is 15.4 Å². The van der Waals surface area contributed by atoms with Gasteiger partial charge in [-0.3, -0.25) is 4.79 Å². The van der Waals surface area contributed by atoms with E-state index in [1.165, 1.54) is 25.0 Å². The lowest BCUT2D eigenvalue weighted by molar-refractivity contribution is -0.123. The van der Waals surface area contributed by atoms with Crippen molar-refractivity contribution in [3.8, 4) is 5.75 Å². The molecule has 2 aliphatic rings. The third kappa shape index (κ3) is 5.73. The van der Waals surface area contributed by atoms with Gasteiger partial charge in [-0.25, -0.2) is 4.39 Å². The number of hydrogen-bond donors (Lipinski definition) is 2. The summed E-state index contributed by atoms with van der Waals surface area (Å²) in [4.78, 5) is 12.9. The highest BCUT2D eigenvalue weighted by atomic mass is 35.5. The number of nitrogens with one attached hydrogen (secondary N) is 2. The standard InChI is InChI=1S/C24H29FN2O2.ClH/c1-29-22-10-4-18(5-11-22)23(14-16-2-6-19(25)7-3-16)27-24(28)15-17-12-20-8-9-21(13-17)26-20;/h2-7,10-11,17,20-21,23,26H,8-9,12-15H2,1H3,(H,27,28);1H. The Morgan fingerprint density at radius 2 is 1.73 bits per heavy atom. The summed E-state index contributed by atoms with van der Waals surface area (Å²) < 4.78 is 18.5. The molecule has 0 aliphatic carbocycles. The number of halogens is 2. The fraction of sp³-hybridized carbons (Fsp3) is 0.458. The molecule has 0 saturated carbocycles. The van der Waals surface area contributed by atoms with Gasteiger partial charge in [0.2, 0.25) is 5.91 Å². The van der Waals surface area contributed by atoms with Crippen LogP contribution in [0.2, 0.25) is 0 Å². The van der Waals surface area contributed by atoms with E-state index >= 15 is 0 Å². The van der Waals surface area contributed by atoms with E-state index in [9.17, 15) is 9.18 Å². The Morgan fingerprint density at radius 3 is 2.33 bits per heavy atom. The molecule has 3 unspecified atom stereocenters. The van der Waals surface area contributed by atoms with E-state index in [1.807, 2.05) is 24.3 Å². The summed E-state index contributed by atoms with van der Waals surface area (Å²) >= 11 is 0. The predicted octanol–water partition coefficient (Wildman–Crippen LogP) is 4.58. The van der Waals surface area contributed by atoms with E-state index in [1.54, 1.807) is 19.2 Å². The number of benzene rings is 2. The number of rotatable bonds is 7. The minimum absolute atomic E-state index is 0. The first-order valence-corrected chi connectivity index (χ1v) is 10.5. The second kappa shape index (κ2) is 10.3. The lowest BCUT2D eigenvalue weighted by atomic mass is 9.89. The summed E-state index contributed by atoms with van der Waals surface area (Å²) in [5.74, 6) is 1.08. The van der Waals surface area contributed by atoms with Gasteiger partial charge in [0.25, 0.3) is 0 Å². The number of amides is 1. The van der Waals surface area contributed by atoms with E-state index in [0.29, 0.717) is 30.8 Å². The lowest BCUT2D eigenvalue weighted by Crippen LogP contribution is -2.40. The summed E-state index contributed by atoms with van der Waals surface area (Å²) in [5.41, 5.74) is 2.02. The number of hydrogen-bond acceptors (Lipinski definition) is 3. The molecule has 4 nitrogen and oxygen atoms in total. The molecule has 2 fully saturated rings. The minimum Gasteiger partial charge on any atom is -0.497 e. The van der Waals surface area contributed by atoms with Gasteiger partial charge < -0.3 is 15.4 Å². The van der Waals surface area contributed by atoms with Gasteiger partial charge in [-0.05, 0) is 73.4 Å². The highest BCUT2D eigenvalue weighted by Gasteiger charge is 2.34. The van der Waals surface area contributed by atoms with Gasteiger partial charge in [0.15, 0.2) is 0 Å². The van der Waals surface area contributed by atoms with Crippen LogP contribution in [0, 0.1) is 11.7 Å². The highest BCUT2D eigenvalue weighted by molar-refractivity contribution is 5.85. The molecule has 2 aliphatic heterocycles. The zero-order chi connectivity index (χ0) is 20.2. The molecule has 6 heteroatoms. The Hall–Kier alpha value is -2.11. The molecule has 2 aromatic rings. The van der Waals surface area contributed by atoms with Crippen molar-refractivity contribution in [2.75, 3.05) is 7.11 Å². The molecule has 2 heterocycles. The fourth-order valence-corrected chi connectivity index (χ4v) is 4.80. The Bertz CT molecular complexity index is 816. The lowest BCUT2D eigenvalue weighted by Gasteiger charge is -2.29. The molecule has 2 bridgehead atoms. The molecule has 0 spiro atoms. The largest absolute Gasteiger partial charge is 0.497 e. The number of carbonyl (C=O) groups is 1. The van der Waals surface area contributed by atoms with E-state index in [-0.39, 0.29) is 30.2 Å². The molecule has 0 radical (unpaired) electrons. The Morgan fingerprint density at radius 1 is 1.10 bits per heavy atom. The maximum Gasteiger partial charge on any atom is 0.220 e. The van der Waals surface area contributed by atoms with Crippen molar-refractivity contribution in [1.29, 1.82) is 0 Å². The van der Waals surface area contributed by atoms with Crippen molar-refractivity contribution in [1.82, 2.24) is 10.6 Å². The predicted molar refractivity (Wildman–Crippen MR) is 119 cm³/mol. The first-order valence-electron chi connectivity index (χ1n) is 10.5. The highest BCUT2D eigenvalue weighted by Crippen LogP contribution is 2.33. The van der Waals surface area contributed by atoms with Crippen LogP contribution in [-0.4, -0.2) is 25.1 Å². The van der Waals surface area contributed by atoms with E-state index in [2.05, 4.69) is 10.6 Å². The number of piperidine rings is 1. The van der Waals surface area contributed by atoms with Crippen LogP contribution in [0.4, 0.5) is 4.39 Å². The van der Waals surface area contributed by atoms with Crippen molar-refractivity contribution in [3.63, 3.8) is 0 Å². The third-order valence-electron chi connectivity index (χ3n) is 6.25. The first kappa shape index (κ1) is 22.6. The third-order valence-corrected chi connectivity index (χ3v) is 6.25. The zero-order valence-corrected chi connectivity index (χ0v) is 18.1. The molecule has 2 saturated heterocycles. The van der Waals surface area contributed by atoms with Crippen molar-refractivity contribution < 1.29 is 13.9 Å². The summed E-state index contributed by atoms with van der Waals surface area (Å²) in [6.07, 6.45) is 5.86. The topological polar surface area (TPSA) is 50.4 Å². The Labute approximate surface area is 184 Å². The first-order chi connectivity index (χ1) is 14.1. The molecular weight excluding hydrogens is 403 g/mol. The van der Waals surface area contributed by atoms with Crippen LogP contribution in [0.5, 0.6) is 5.75 Å². The zero-order valence-electron chi connectivity index (χ0n) is 17.3. The molecule has 1 amide bonds. The van der Waals surface area contributed by atoms with Gasteiger partial charge in [0.1, 0.15) is 11.6 Å². The summed E-state index contributed by atoms with van der Waals surface area (Å²) in [6.45, 7) is 0. The molecular formula is C24H30ClFN2O2. The van der Waals surface area contributed by atoms with Gasteiger partial charge in [0.05, 0.1) is 13.2 Å². The summed E-state index contributed by atoms with van der Waals surface area (Å²) in [6, 6.07) is 15.3. The van der Waals surface area contributed by atoms with Crippen LogP contribution >= 0.6 is 12.4 Å². The Kier molecular flexibility index (Phi) is 7.73. The monoisotopic (exact) mass is 432 g/mol. The molecule has 3 atom stereocenters. The minimum atomic E-state index is -0.251. The molecule has 162 valence electrons. The van der Waals surface area contributed by atoms with Gasteiger partial charge in [-0.1, -0.05) is 24.3 Å². The fourth-order valence-electron chi connectivity index (χ4n) is 4.80. The normalized spacial score (nSPS) is 23.3. The van der Waals surface area contributed by atoms with Crippen molar-refractivity contribution in [3.05, 3.63) is 65.5 Å². The molecule has 4 rings (SSSR count). The van der Waals surface area contributed by atoms with Crippen LogP contribution in [0.3, 0.4) is 0 Å². The number of fused-ring (bicyclic) bond motifs is 2. The molecule has 2 N–H and O–H groups in total.